The van der Waals surface area contributed by atoms with Crippen molar-refractivity contribution in [3.8, 4) is 0 Å². The number of nitrogens with one attached hydrogen (secondary N) is 1. The van der Waals surface area contributed by atoms with E-state index in [1.807, 2.05) is 7.05 Å². The van der Waals surface area contributed by atoms with Gasteiger partial charge >= 0.3 is 5.69 Å². The summed E-state index contributed by atoms with van der Waals surface area (Å²) in [5, 5.41) is 3.29. The molecule has 0 saturated carbocycles. The Kier molecular flexibility index (Phi) is 5.98. The number of hydrogen-bond acceptors (Lipinski definition) is 4. The van der Waals surface area contributed by atoms with Crippen LogP contribution in [0.25, 0.3) is 0 Å². The van der Waals surface area contributed by atoms with E-state index in [1.54, 1.807) is 13.2 Å². The highest BCUT2D eigenvalue weighted by Gasteiger charge is 2.19. The number of rotatable bonds is 3. The lowest BCUT2D eigenvalue weighted by molar-refractivity contribution is 0.186. The lowest BCUT2D eigenvalue weighted by Gasteiger charge is -2.32. The van der Waals surface area contributed by atoms with Crippen molar-refractivity contribution in [2.75, 3.05) is 20.1 Å². The average Bonchev–Trinajstić information content (AvgIpc) is 2.42. The van der Waals surface area contributed by atoms with Gasteiger partial charge in [-0.05, 0) is 26.4 Å². The van der Waals surface area contributed by atoms with Crippen LogP contribution in [-0.2, 0) is 20.6 Å². The van der Waals surface area contributed by atoms with E-state index in [2.05, 4.69) is 10.2 Å². The van der Waals surface area contributed by atoms with Crippen LogP contribution in [0.5, 0.6) is 0 Å². The minimum atomic E-state index is -0.277. The molecule has 1 aromatic heterocycles. The molecule has 1 saturated heterocycles. The van der Waals surface area contributed by atoms with Crippen molar-refractivity contribution < 1.29 is 0 Å². The number of likely N-dealkylation sites (tertiary alicyclic amines) is 1. The maximum atomic E-state index is 12.1. The maximum Gasteiger partial charge on any atom is 0.330 e. The number of halogens is 1. The number of likely N-dealkylation sites (N-methyl/N-ethyl adjacent to an activating group) is 1. The van der Waals surface area contributed by atoms with Crippen LogP contribution < -0.4 is 16.6 Å². The minimum absolute atomic E-state index is 0. The molecule has 1 atom stereocenters. The smallest absolute Gasteiger partial charge is 0.316 e. The van der Waals surface area contributed by atoms with Crippen LogP contribution >= 0.6 is 12.4 Å². The van der Waals surface area contributed by atoms with Gasteiger partial charge in [-0.25, -0.2) is 4.79 Å². The Bertz CT molecular complexity index is 566. The fourth-order valence-corrected chi connectivity index (χ4v) is 2.67. The fourth-order valence-electron chi connectivity index (χ4n) is 2.67. The standard InChI is InChI=1S/C13H22N4O2.ClH/c1-14-11-5-4-6-17(9-11)8-10-7-15(2)13(19)16(3)12(10)18;/h7,11,14H,4-6,8-9H2,1-3H3;1H. The first-order valence-corrected chi connectivity index (χ1v) is 6.68. The third-order valence-corrected chi connectivity index (χ3v) is 3.83. The van der Waals surface area contributed by atoms with Crippen LogP contribution in [-0.4, -0.2) is 40.2 Å². The van der Waals surface area contributed by atoms with E-state index in [1.165, 1.54) is 22.6 Å². The third-order valence-electron chi connectivity index (χ3n) is 3.83. The molecule has 0 amide bonds. The average molecular weight is 303 g/mol. The first-order chi connectivity index (χ1) is 9.02. The molecule has 20 heavy (non-hydrogen) atoms. The SMILES string of the molecule is CNC1CCCN(Cc2cn(C)c(=O)n(C)c2=O)C1.Cl. The second-order valence-electron chi connectivity index (χ2n) is 5.27. The quantitative estimate of drug-likeness (QED) is 0.832. The van der Waals surface area contributed by atoms with Crippen LogP contribution in [0.3, 0.4) is 0 Å². The van der Waals surface area contributed by atoms with Gasteiger partial charge in [0.15, 0.2) is 0 Å². The lowest BCUT2D eigenvalue weighted by Crippen LogP contribution is -2.46. The molecular weight excluding hydrogens is 280 g/mol. The van der Waals surface area contributed by atoms with Gasteiger partial charge in [0.05, 0.1) is 0 Å². The summed E-state index contributed by atoms with van der Waals surface area (Å²) in [5.74, 6) is 0. The van der Waals surface area contributed by atoms with Crippen molar-refractivity contribution in [3.63, 3.8) is 0 Å². The van der Waals surface area contributed by atoms with Gasteiger partial charge < -0.3 is 9.88 Å². The van der Waals surface area contributed by atoms with Crippen molar-refractivity contribution in [1.82, 2.24) is 19.4 Å². The van der Waals surface area contributed by atoms with E-state index >= 15 is 0 Å². The Balaban J connectivity index is 0.00000200. The van der Waals surface area contributed by atoms with Gasteiger partial charge in [-0.15, -0.1) is 12.4 Å². The molecule has 1 unspecified atom stereocenters. The fraction of sp³-hybridized carbons (Fsp3) is 0.692. The highest BCUT2D eigenvalue weighted by molar-refractivity contribution is 5.85. The second kappa shape index (κ2) is 7.06. The summed E-state index contributed by atoms with van der Waals surface area (Å²) in [7, 11) is 5.18. The number of aromatic nitrogens is 2. The topological polar surface area (TPSA) is 59.3 Å². The van der Waals surface area contributed by atoms with Gasteiger partial charge in [0.2, 0.25) is 0 Å². The van der Waals surface area contributed by atoms with E-state index in [0.29, 0.717) is 18.2 Å². The molecule has 1 fully saturated rings. The summed E-state index contributed by atoms with van der Waals surface area (Å²) in [5.41, 5.74) is 0.219. The maximum absolute atomic E-state index is 12.1. The number of aryl methyl sites for hydroxylation is 1. The van der Waals surface area contributed by atoms with E-state index in [4.69, 9.17) is 0 Å². The Hall–Kier alpha value is -1.11. The molecule has 2 heterocycles. The van der Waals surface area contributed by atoms with Gasteiger partial charge in [0.1, 0.15) is 0 Å². The first-order valence-electron chi connectivity index (χ1n) is 6.68. The predicted molar refractivity (Wildman–Crippen MR) is 81.5 cm³/mol. The van der Waals surface area contributed by atoms with Gasteiger partial charge in [-0.2, -0.15) is 0 Å². The van der Waals surface area contributed by atoms with Crippen molar-refractivity contribution >= 4 is 12.4 Å². The van der Waals surface area contributed by atoms with Crippen LogP contribution in [0.4, 0.5) is 0 Å². The molecule has 2 rings (SSSR count). The molecule has 1 N–H and O–H groups in total. The largest absolute Gasteiger partial charge is 0.330 e. The molecule has 0 bridgehead atoms. The number of nitrogens with zero attached hydrogens (tertiary/aromatic N) is 3. The van der Waals surface area contributed by atoms with Crippen molar-refractivity contribution in [1.29, 1.82) is 0 Å². The Morgan fingerprint density at radius 1 is 1.35 bits per heavy atom. The third kappa shape index (κ3) is 3.50. The Morgan fingerprint density at radius 2 is 2.05 bits per heavy atom. The molecule has 0 aliphatic carbocycles. The molecule has 0 aromatic carbocycles. The van der Waals surface area contributed by atoms with Gasteiger partial charge in [-0.1, -0.05) is 0 Å². The van der Waals surface area contributed by atoms with E-state index in [0.717, 1.165) is 19.5 Å². The lowest BCUT2D eigenvalue weighted by atomic mass is 10.1. The summed E-state index contributed by atoms with van der Waals surface area (Å²) < 4.78 is 2.64. The van der Waals surface area contributed by atoms with Gasteiger partial charge in [0, 0.05) is 45.0 Å². The first kappa shape index (κ1) is 16.9. The number of hydrogen-bond donors (Lipinski definition) is 1. The predicted octanol–water partition coefficient (Wildman–Crippen LogP) is -0.310. The highest BCUT2D eigenvalue weighted by Crippen LogP contribution is 2.11. The Labute approximate surface area is 124 Å². The molecule has 0 radical (unpaired) electrons. The van der Waals surface area contributed by atoms with Crippen molar-refractivity contribution in [2.24, 2.45) is 14.1 Å². The van der Waals surface area contributed by atoms with Crippen molar-refractivity contribution in [2.45, 2.75) is 25.4 Å². The van der Waals surface area contributed by atoms with Crippen LogP contribution in [0.2, 0.25) is 0 Å². The van der Waals surface area contributed by atoms with E-state index in [9.17, 15) is 9.59 Å². The van der Waals surface area contributed by atoms with Crippen LogP contribution in [0.1, 0.15) is 18.4 Å². The van der Waals surface area contributed by atoms with Gasteiger partial charge in [-0.3, -0.25) is 14.3 Å². The second-order valence-corrected chi connectivity index (χ2v) is 5.27. The normalized spacial score (nSPS) is 19.6. The molecule has 0 spiro atoms. The Morgan fingerprint density at radius 3 is 2.70 bits per heavy atom. The molecular formula is C13H23ClN4O2. The summed E-state index contributed by atoms with van der Waals surface area (Å²) >= 11 is 0. The summed E-state index contributed by atoms with van der Waals surface area (Å²) in [4.78, 5) is 26.0. The number of piperidine rings is 1. The zero-order chi connectivity index (χ0) is 14.0. The molecule has 7 heteroatoms. The van der Waals surface area contributed by atoms with Crippen molar-refractivity contribution in [3.05, 3.63) is 32.6 Å². The summed E-state index contributed by atoms with van der Waals surface area (Å²) in [6.45, 7) is 2.56. The van der Waals surface area contributed by atoms with Crippen LogP contribution in [0.15, 0.2) is 15.8 Å². The molecule has 114 valence electrons. The van der Waals surface area contributed by atoms with E-state index in [-0.39, 0.29) is 23.7 Å². The highest BCUT2D eigenvalue weighted by atomic mass is 35.5. The molecule has 6 nitrogen and oxygen atoms in total. The monoisotopic (exact) mass is 302 g/mol. The summed E-state index contributed by atoms with van der Waals surface area (Å²) in [6, 6.07) is 0.491. The molecule has 1 aliphatic rings. The zero-order valence-corrected chi connectivity index (χ0v) is 13.1. The van der Waals surface area contributed by atoms with Gasteiger partial charge in [0.25, 0.3) is 5.56 Å². The minimum Gasteiger partial charge on any atom is -0.316 e. The molecule has 1 aromatic rings. The van der Waals surface area contributed by atoms with Crippen LogP contribution in [0, 0.1) is 0 Å². The zero-order valence-electron chi connectivity index (χ0n) is 12.3. The summed E-state index contributed by atoms with van der Waals surface area (Å²) in [6.07, 6.45) is 3.98. The van der Waals surface area contributed by atoms with E-state index < -0.39 is 0 Å². The molecule has 1 aliphatic heterocycles.